The van der Waals surface area contributed by atoms with Crippen molar-refractivity contribution in [1.82, 2.24) is 10.2 Å². The lowest BCUT2D eigenvalue weighted by Crippen LogP contribution is -2.32. The van der Waals surface area contributed by atoms with Crippen LogP contribution in [0.1, 0.15) is 30.6 Å². The first-order chi connectivity index (χ1) is 10.1. The normalized spacial score (nSPS) is 19.0. The lowest BCUT2D eigenvalue weighted by Gasteiger charge is -2.18. The van der Waals surface area contributed by atoms with Crippen LogP contribution in [0.5, 0.6) is 0 Å². The van der Waals surface area contributed by atoms with Crippen molar-refractivity contribution in [2.24, 2.45) is 11.8 Å². The van der Waals surface area contributed by atoms with Crippen LogP contribution in [0.25, 0.3) is 0 Å². The summed E-state index contributed by atoms with van der Waals surface area (Å²) in [5.74, 6) is 1.30. The molecule has 2 N–H and O–H groups in total. The number of likely N-dealkylation sites (tertiary alicyclic amines) is 1. The van der Waals surface area contributed by atoms with E-state index in [0.717, 1.165) is 37.4 Å². The summed E-state index contributed by atoms with van der Waals surface area (Å²) in [7, 11) is 1.84. The SMILES string of the molecule is CNc1ccccc1C(=O)NC[C@@H]1CCN(CC(C)C)C1. The summed E-state index contributed by atoms with van der Waals surface area (Å²) in [6.07, 6.45) is 1.18. The average Bonchev–Trinajstić information content (AvgIpc) is 2.91. The highest BCUT2D eigenvalue weighted by Crippen LogP contribution is 2.18. The molecular formula is C17H27N3O. The Hall–Kier alpha value is -1.55. The van der Waals surface area contributed by atoms with E-state index >= 15 is 0 Å². The first-order valence-corrected chi connectivity index (χ1v) is 7.87. The first-order valence-electron chi connectivity index (χ1n) is 7.87. The van der Waals surface area contributed by atoms with Crippen LogP contribution in [0.3, 0.4) is 0 Å². The highest BCUT2D eigenvalue weighted by atomic mass is 16.1. The molecule has 1 aromatic rings. The van der Waals surface area contributed by atoms with Gasteiger partial charge in [0.25, 0.3) is 5.91 Å². The van der Waals surface area contributed by atoms with Crippen molar-refractivity contribution in [2.75, 3.05) is 38.5 Å². The number of para-hydroxylation sites is 1. The number of nitrogens with zero attached hydrogens (tertiary/aromatic N) is 1. The van der Waals surface area contributed by atoms with E-state index in [9.17, 15) is 4.79 Å². The van der Waals surface area contributed by atoms with E-state index in [0.29, 0.717) is 11.8 Å². The maximum atomic E-state index is 12.3. The Morgan fingerprint density at radius 1 is 1.38 bits per heavy atom. The van der Waals surface area contributed by atoms with Crippen molar-refractivity contribution in [3.05, 3.63) is 29.8 Å². The molecule has 1 atom stereocenters. The van der Waals surface area contributed by atoms with Gasteiger partial charge in [0.15, 0.2) is 0 Å². The van der Waals surface area contributed by atoms with Gasteiger partial charge in [-0.3, -0.25) is 4.79 Å². The van der Waals surface area contributed by atoms with Gasteiger partial charge in [-0.2, -0.15) is 0 Å². The largest absolute Gasteiger partial charge is 0.387 e. The highest BCUT2D eigenvalue weighted by Gasteiger charge is 2.23. The van der Waals surface area contributed by atoms with E-state index in [1.54, 1.807) is 0 Å². The van der Waals surface area contributed by atoms with E-state index in [1.807, 2.05) is 31.3 Å². The lowest BCUT2D eigenvalue weighted by atomic mass is 10.1. The van der Waals surface area contributed by atoms with Gasteiger partial charge in [0.1, 0.15) is 0 Å². The summed E-state index contributed by atoms with van der Waals surface area (Å²) in [6, 6.07) is 7.62. The van der Waals surface area contributed by atoms with Crippen LogP contribution in [0.4, 0.5) is 5.69 Å². The van der Waals surface area contributed by atoms with E-state index in [2.05, 4.69) is 29.4 Å². The number of carbonyl (C=O) groups is 1. The topological polar surface area (TPSA) is 44.4 Å². The quantitative estimate of drug-likeness (QED) is 0.845. The second-order valence-electron chi connectivity index (χ2n) is 6.31. The maximum absolute atomic E-state index is 12.3. The van der Waals surface area contributed by atoms with Gasteiger partial charge in [-0.15, -0.1) is 0 Å². The molecule has 1 aliphatic heterocycles. The molecule has 0 aromatic heterocycles. The molecular weight excluding hydrogens is 262 g/mol. The molecule has 1 saturated heterocycles. The predicted octanol–water partition coefficient (Wildman–Crippen LogP) is 2.44. The molecule has 4 nitrogen and oxygen atoms in total. The lowest BCUT2D eigenvalue weighted by molar-refractivity contribution is 0.0948. The zero-order valence-corrected chi connectivity index (χ0v) is 13.4. The minimum Gasteiger partial charge on any atom is -0.387 e. The van der Waals surface area contributed by atoms with Gasteiger partial charge in [-0.1, -0.05) is 26.0 Å². The maximum Gasteiger partial charge on any atom is 0.253 e. The number of hydrogen-bond acceptors (Lipinski definition) is 3. The molecule has 1 amide bonds. The molecule has 21 heavy (non-hydrogen) atoms. The molecule has 1 aromatic carbocycles. The van der Waals surface area contributed by atoms with Gasteiger partial charge < -0.3 is 15.5 Å². The second-order valence-corrected chi connectivity index (χ2v) is 6.31. The molecule has 1 heterocycles. The number of amides is 1. The average molecular weight is 289 g/mol. The second kappa shape index (κ2) is 7.46. The summed E-state index contributed by atoms with van der Waals surface area (Å²) in [6.45, 7) is 8.70. The summed E-state index contributed by atoms with van der Waals surface area (Å²) in [4.78, 5) is 14.8. The standard InChI is InChI=1S/C17H27N3O/c1-13(2)11-20-9-8-14(12-20)10-19-17(21)15-6-4-5-7-16(15)18-3/h4-7,13-14,18H,8-12H2,1-3H3,(H,19,21)/t14-/m0/s1. The molecule has 0 radical (unpaired) electrons. The van der Waals surface area contributed by atoms with Gasteiger partial charge >= 0.3 is 0 Å². The van der Waals surface area contributed by atoms with Crippen molar-refractivity contribution in [2.45, 2.75) is 20.3 Å². The van der Waals surface area contributed by atoms with Crippen LogP contribution in [0.2, 0.25) is 0 Å². The third-order valence-corrected chi connectivity index (χ3v) is 3.99. The zero-order valence-electron chi connectivity index (χ0n) is 13.4. The van der Waals surface area contributed by atoms with Crippen LogP contribution in [-0.4, -0.2) is 44.0 Å². The van der Waals surface area contributed by atoms with Crippen molar-refractivity contribution in [3.63, 3.8) is 0 Å². The van der Waals surface area contributed by atoms with E-state index < -0.39 is 0 Å². The van der Waals surface area contributed by atoms with Crippen molar-refractivity contribution in [3.8, 4) is 0 Å². The van der Waals surface area contributed by atoms with Crippen LogP contribution in [-0.2, 0) is 0 Å². The molecule has 0 bridgehead atoms. The molecule has 116 valence electrons. The summed E-state index contributed by atoms with van der Waals surface area (Å²) < 4.78 is 0. The molecule has 1 fully saturated rings. The van der Waals surface area contributed by atoms with Crippen LogP contribution < -0.4 is 10.6 Å². The number of rotatable bonds is 6. The van der Waals surface area contributed by atoms with E-state index in [-0.39, 0.29) is 5.91 Å². The predicted molar refractivity (Wildman–Crippen MR) is 87.7 cm³/mol. The number of carbonyl (C=O) groups excluding carboxylic acids is 1. The number of nitrogens with one attached hydrogen (secondary N) is 2. The molecule has 0 unspecified atom stereocenters. The Labute approximate surface area is 127 Å². The van der Waals surface area contributed by atoms with Crippen molar-refractivity contribution < 1.29 is 4.79 Å². The fourth-order valence-corrected chi connectivity index (χ4v) is 2.99. The first kappa shape index (κ1) is 15.8. The Bertz CT molecular complexity index is 473. The highest BCUT2D eigenvalue weighted by molar-refractivity contribution is 5.99. The monoisotopic (exact) mass is 289 g/mol. The molecule has 4 heteroatoms. The van der Waals surface area contributed by atoms with E-state index in [4.69, 9.17) is 0 Å². The third kappa shape index (κ3) is 4.46. The molecule has 0 aliphatic carbocycles. The number of benzene rings is 1. The van der Waals surface area contributed by atoms with Gasteiger partial charge in [0.05, 0.1) is 5.56 Å². The van der Waals surface area contributed by atoms with Gasteiger partial charge in [-0.25, -0.2) is 0 Å². The Balaban J connectivity index is 1.82. The summed E-state index contributed by atoms with van der Waals surface area (Å²) >= 11 is 0. The Morgan fingerprint density at radius 2 is 2.14 bits per heavy atom. The number of anilines is 1. The molecule has 1 aliphatic rings. The van der Waals surface area contributed by atoms with Crippen LogP contribution in [0.15, 0.2) is 24.3 Å². The van der Waals surface area contributed by atoms with Crippen molar-refractivity contribution >= 4 is 11.6 Å². The van der Waals surface area contributed by atoms with Gasteiger partial charge in [-0.05, 0) is 36.9 Å². The minimum atomic E-state index is 0.0160. The fraction of sp³-hybridized carbons (Fsp3) is 0.588. The zero-order chi connectivity index (χ0) is 15.2. The number of hydrogen-bond donors (Lipinski definition) is 2. The van der Waals surface area contributed by atoms with Crippen molar-refractivity contribution in [1.29, 1.82) is 0 Å². The Morgan fingerprint density at radius 3 is 2.86 bits per heavy atom. The molecule has 0 saturated carbocycles. The van der Waals surface area contributed by atoms with E-state index in [1.165, 1.54) is 6.42 Å². The van der Waals surface area contributed by atoms with Crippen LogP contribution in [0, 0.1) is 11.8 Å². The molecule has 2 rings (SSSR count). The summed E-state index contributed by atoms with van der Waals surface area (Å²) in [5.41, 5.74) is 1.60. The molecule has 0 spiro atoms. The summed E-state index contributed by atoms with van der Waals surface area (Å²) in [5, 5.41) is 6.15. The minimum absolute atomic E-state index is 0.0160. The van der Waals surface area contributed by atoms with Gasteiger partial charge in [0, 0.05) is 32.4 Å². The van der Waals surface area contributed by atoms with Crippen LogP contribution >= 0.6 is 0 Å². The van der Waals surface area contributed by atoms with Gasteiger partial charge in [0.2, 0.25) is 0 Å². The Kier molecular flexibility index (Phi) is 5.62. The third-order valence-electron chi connectivity index (χ3n) is 3.99. The smallest absolute Gasteiger partial charge is 0.253 e. The fourth-order valence-electron chi connectivity index (χ4n) is 2.99.